The van der Waals surface area contributed by atoms with E-state index >= 15 is 0 Å². The number of aromatic nitrogens is 2. The van der Waals surface area contributed by atoms with Gasteiger partial charge in [-0.2, -0.15) is 5.10 Å². The molecule has 2 aromatic heterocycles. The largest absolute Gasteiger partial charge is 0.464 e. The molecule has 0 saturated carbocycles. The van der Waals surface area contributed by atoms with Gasteiger partial charge in [-0.3, -0.25) is 0 Å². The molecule has 0 bridgehead atoms. The van der Waals surface area contributed by atoms with Crippen LogP contribution in [0.4, 0.5) is 0 Å². The van der Waals surface area contributed by atoms with Gasteiger partial charge in [-0.25, -0.2) is 4.68 Å². The summed E-state index contributed by atoms with van der Waals surface area (Å²) in [5.41, 5.74) is 5.80. The molecule has 0 fully saturated rings. The molecule has 0 aliphatic heterocycles. The van der Waals surface area contributed by atoms with Gasteiger partial charge in [-0.1, -0.05) is 42.5 Å². The summed E-state index contributed by atoms with van der Waals surface area (Å²) in [5.74, 6) is 0.895. The number of nitrogens with zero attached hydrogens (tertiary/aromatic N) is 2. The van der Waals surface area contributed by atoms with Crippen molar-refractivity contribution in [3.63, 3.8) is 0 Å². The smallest absolute Gasteiger partial charge is 0.133 e. The molecular weight excluding hydrogens is 334 g/mol. The van der Waals surface area contributed by atoms with Crippen LogP contribution in [-0.4, -0.2) is 9.78 Å². The summed E-state index contributed by atoms with van der Waals surface area (Å²) in [5, 5.41) is 8.17. The van der Waals surface area contributed by atoms with Crippen LogP contribution in [0.2, 0.25) is 0 Å². The molecule has 0 unspecified atom stereocenters. The Labute approximate surface area is 159 Å². The van der Waals surface area contributed by atoms with Gasteiger partial charge in [0.25, 0.3) is 0 Å². The van der Waals surface area contributed by atoms with Gasteiger partial charge in [-0.05, 0) is 43.7 Å². The molecule has 136 valence electrons. The summed E-state index contributed by atoms with van der Waals surface area (Å²) in [6.45, 7) is 5.10. The SMILES string of the molecule is Cc1c([C@@H](C)NCc2ccc(-c3ccco3)cc2)cnn1-c1ccccc1. The zero-order chi connectivity index (χ0) is 18.6. The summed E-state index contributed by atoms with van der Waals surface area (Å²) in [6, 6.07) is 22.8. The molecule has 0 amide bonds. The van der Waals surface area contributed by atoms with Gasteiger partial charge in [0.05, 0.1) is 18.1 Å². The van der Waals surface area contributed by atoms with Crippen molar-refractivity contribution < 1.29 is 4.42 Å². The molecular formula is C23H23N3O. The molecule has 4 nitrogen and oxygen atoms in total. The van der Waals surface area contributed by atoms with Crippen molar-refractivity contribution in [3.05, 3.63) is 96.0 Å². The van der Waals surface area contributed by atoms with Crippen LogP contribution in [-0.2, 0) is 6.54 Å². The maximum atomic E-state index is 5.44. The normalized spacial score (nSPS) is 12.2. The van der Waals surface area contributed by atoms with Gasteiger partial charge in [-0.15, -0.1) is 0 Å². The van der Waals surface area contributed by atoms with Gasteiger partial charge in [0, 0.05) is 29.4 Å². The topological polar surface area (TPSA) is 43.0 Å². The molecule has 4 rings (SSSR count). The minimum atomic E-state index is 0.215. The number of hydrogen-bond donors (Lipinski definition) is 1. The number of furan rings is 1. The standard InChI is InChI=1S/C23H23N3O/c1-17(22-16-25-26(18(22)2)21-7-4-3-5-8-21)24-15-19-10-12-20(13-11-19)23-9-6-14-27-23/h3-14,16-17,24H,15H2,1-2H3/t17-/m1/s1. The number of benzene rings is 2. The third-order valence-electron chi connectivity index (χ3n) is 4.89. The Morgan fingerprint density at radius 3 is 2.48 bits per heavy atom. The monoisotopic (exact) mass is 357 g/mol. The van der Waals surface area contributed by atoms with Gasteiger partial charge in [0.1, 0.15) is 5.76 Å². The van der Waals surface area contributed by atoms with Crippen LogP contribution in [0.1, 0.15) is 29.8 Å². The molecule has 0 spiro atoms. The number of nitrogens with one attached hydrogen (secondary N) is 1. The van der Waals surface area contributed by atoms with Crippen molar-refractivity contribution in [2.45, 2.75) is 26.4 Å². The van der Waals surface area contributed by atoms with Gasteiger partial charge >= 0.3 is 0 Å². The number of para-hydroxylation sites is 1. The summed E-state index contributed by atoms with van der Waals surface area (Å²) >= 11 is 0. The molecule has 0 radical (unpaired) electrons. The van der Waals surface area contributed by atoms with Gasteiger partial charge in [0.15, 0.2) is 0 Å². The molecule has 27 heavy (non-hydrogen) atoms. The quantitative estimate of drug-likeness (QED) is 0.510. The van der Waals surface area contributed by atoms with Gasteiger partial charge in [0.2, 0.25) is 0 Å². The van der Waals surface area contributed by atoms with Crippen LogP contribution < -0.4 is 5.32 Å². The predicted molar refractivity (Wildman–Crippen MR) is 108 cm³/mol. The minimum Gasteiger partial charge on any atom is -0.464 e. The van der Waals surface area contributed by atoms with Crippen LogP contribution in [0.15, 0.2) is 83.6 Å². The van der Waals surface area contributed by atoms with E-state index in [2.05, 4.69) is 60.7 Å². The van der Waals surface area contributed by atoms with E-state index in [1.165, 1.54) is 11.1 Å². The van der Waals surface area contributed by atoms with Crippen molar-refractivity contribution in [3.8, 4) is 17.0 Å². The third kappa shape index (κ3) is 3.71. The second-order valence-corrected chi connectivity index (χ2v) is 6.71. The Bertz CT molecular complexity index is 986. The maximum Gasteiger partial charge on any atom is 0.133 e. The van der Waals surface area contributed by atoms with E-state index in [1.807, 2.05) is 41.2 Å². The highest BCUT2D eigenvalue weighted by Crippen LogP contribution is 2.22. The van der Waals surface area contributed by atoms with E-state index in [9.17, 15) is 0 Å². The van der Waals surface area contributed by atoms with Crippen molar-refractivity contribution in [1.82, 2.24) is 15.1 Å². The Balaban J connectivity index is 1.42. The molecule has 4 heteroatoms. The lowest BCUT2D eigenvalue weighted by Gasteiger charge is -2.14. The molecule has 0 saturated heterocycles. The van der Waals surface area contributed by atoms with Crippen LogP contribution in [0.5, 0.6) is 0 Å². The molecule has 2 heterocycles. The molecule has 1 atom stereocenters. The molecule has 2 aromatic carbocycles. The molecule has 4 aromatic rings. The summed E-state index contributed by atoms with van der Waals surface area (Å²) in [7, 11) is 0. The minimum absolute atomic E-state index is 0.215. The summed E-state index contributed by atoms with van der Waals surface area (Å²) < 4.78 is 7.43. The lowest BCUT2D eigenvalue weighted by Crippen LogP contribution is -2.18. The van der Waals surface area contributed by atoms with E-state index in [4.69, 9.17) is 4.42 Å². The fourth-order valence-electron chi connectivity index (χ4n) is 3.29. The number of rotatable bonds is 6. The molecule has 0 aliphatic carbocycles. The van der Waals surface area contributed by atoms with E-state index in [0.717, 1.165) is 29.2 Å². The van der Waals surface area contributed by atoms with Crippen LogP contribution in [0, 0.1) is 6.92 Å². The Kier molecular flexibility index (Phi) is 4.90. The van der Waals surface area contributed by atoms with Crippen molar-refractivity contribution in [1.29, 1.82) is 0 Å². The van der Waals surface area contributed by atoms with Crippen LogP contribution in [0.25, 0.3) is 17.0 Å². The summed E-state index contributed by atoms with van der Waals surface area (Å²) in [4.78, 5) is 0. The van der Waals surface area contributed by atoms with Crippen molar-refractivity contribution >= 4 is 0 Å². The second kappa shape index (κ2) is 7.64. The van der Waals surface area contributed by atoms with E-state index in [-0.39, 0.29) is 6.04 Å². The van der Waals surface area contributed by atoms with E-state index < -0.39 is 0 Å². The average molecular weight is 357 g/mol. The van der Waals surface area contributed by atoms with Crippen molar-refractivity contribution in [2.75, 3.05) is 0 Å². The molecule has 0 aliphatic rings. The highest BCUT2D eigenvalue weighted by atomic mass is 16.3. The summed E-state index contributed by atoms with van der Waals surface area (Å²) in [6.07, 6.45) is 3.66. The zero-order valence-corrected chi connectivity index (χ0v) is 15.6. The van der Waals surface area contributed by atoms with Gasteiger partial charge < -0.3 is 9.73 Å². The van der Waals surface area contributed by atoms with Crippen LogP contribution in [0.3, 0.4) is 0 Å². The Morgan fingerprint density at radius 1 is 1.00 bits per heavy atom. The average Bonchev–Trinajstić information content (AvgIpc) is 3.37. The fourth-order valence-corrected chi connectivity index (χ4v) is 3.29. The fraction of sp³-hybridized carbons (Fsp3) is 0.174. The Morgan fingerprint density at radius 2 is 1.78 bits per heavy atom. The van der Waals surface area contributed by atoms with Crippen molar-refractivity contribution in [2.24, 2.45) is 0 Å². The second-order valence-electron chi connectivity index (χ2n) is 6.71. The first-order valence-corrected chi connectivity index (χ1v) is 9.18. The third-order valence-corrected chi connectivity index (χ3v) is 4.89. The van der Waals surface area contributed by atoms with E-state index in [0.29, 0.717) is 0 Å². The number of hydrogen-bond acceptors (Lipinski definition) is 3. The lowest BCUT2D eigenvalue weighted by atomic mass is 10.1. The Hall–Kier alpha value is -3.11. The van der Waals surface area contributed by atoms with Crippen LogP contribution >= 0.6 is 0 Å². The first kappa shape index (κ1) is 17.3. The zero-order valence-electron chi connectivity index (χ0n) is 15.6. The highest BCUT2D eigenvalue weighted by molar-refractivity contribution is 5.57. The first-order chi connectivity index (χ1) is 13.2. The lowest BCUT2D eigenvalue weighted by molar-refractivity contribution is 0.571. The highest BCUT2D eigenvalue weighted by Gasteiger charge is 2.14. The molecule has 1 N–H and O–H groups in total. The van der Waals surface area contributed by atoms with E-state index in [1.54, 1.807) is 6.26 Å². The maximum absolute atomic E-state index is 5.44. The first-order valence-electron chi connectivity index (χ1n) is 9.18. The predicted octanol–water partition coefficient (Wildman–Crippen LogP) is 5.29.